The Bertz CT molecular complexity index is 743. The molecule has 5 nitrogen and oxygen atoms in total. The van der Waals surface area contributed by atoms with Gasteiger partial charge in [0.15, 0.2) is 5.11 Å². The largest absolute Gasteiger partial charge is 0.495 e. The molecule has 0 radical (unpaired) electrons. The van der Waals surface area contributed by atoms with E-state index in [1.165, 1.54) is 0 Å². The number of aromatic nitrogens is 1. The number of nitrogens with zero attached hydrogens (tertiary/aromatic N) is 2. The number of rotatable bonds is 7. The number of methoxy groups -OCH3 is 2. The van der Waals surface area contributed by atoms with Crippen LogP contribution in [0.1, 0.15) is 24.2 Å². The fourth-order valence-electron chi connectivity index (χ4n) is 2.56. The van der Waals surface area contributed by atoms with Crippen LogP contribution in [0.3, 0.4) is 0 Å². The molecule has 1 N–H and O–H groups in total. The molecule has 2 rings (SSSR count). The lowest BCUT2D eigenvalue weighted by Crippen LogP contribution is -2.39. The number of hydrogen-bond donors (Lipinski definition) is 1. The number of benzene rings is 1. The number of thiocarbonyl (C=S) groups is 1. The third-order valence-corrected chi connectivity index (χ3v) is 4.85. The van der Waals surface area contributed by atoms with E-state index in [2.05, 4.69) is 17.2 Å². The van der Waals surface area contributed by atoms with Gasteiger partial charge in [0.1, 0.15) is 5.75 Å². The highest BCUT2D eigenvalue weighted by Gasteiger charge is 2.20. The van der Waals surface area contributed by atoms with Crippen LogP contribution >= 0.6 is 23.8 Å². The minimum atomic E-state index is -0.00857. The van der Waals surface area contributed by atoms with Crippen LogP contribution in [-0.2, 0) is 4.74 Å². The zero-order valence-corrected chi connectivity index (χ0v) is 17.0. The van der Waals surface area contributed by atoms with Crippen LogP contribution in [0.2, 0.25) is 5.02 Å². The molecule has 0 bridgehead atoms. The van der Waals surface area contributed by atoms with E-state index in [0.717, 1.165) is 16.9 Å². The van der Waals surface area contributed by atoms with E-state index < -0.39 is 0 Å². The molecule has 1 atom stereocenters. The van der Waals surface area contributed by atoms with Gasteiger partial charge in [-0.2, -0.15) is 0 Å². The van der Waals surface area contributed by atoms with E-state index in [0.29, 0.717) is 29.0 Å². The molecule has 0 aliphatic heterocycles. The molecule has 0 aliphatic carbocycles. The average molecular weight is 394 g/mol. The number of nitrogens with one attached hydrogen (secondary N) is 1. The third-order valence-electron chi connectivity index (χ3n) is 4.10. The minimum absolute atomic E-state index is 0.00857. The van der Waals surface area contributed by atoms with Crippen molar-refractivity contribution in [2.45, 2.75) is 19.9 Å². The first-order valence-corrected chi connectivity index (χ1v) is 9.08. The van der Waals surface area contributed by atoms with Gasteiger partial charge < -0.3 is 19.7 Å². The molecule has 26 heavy (non-hydrogen) atoms. The van der Waals surface area contributed by atoms with E-state index in [-0.39, 0.29) is 6.04 Å². The molecule has 1 heterocycles. The number of hydrogen-bond acceptors (Lipinski definition) is 4. The number of ether oxygens (including phenoxy) is 2. The summed E-state index contributed by atoms with van der Waals surface area (Å²) in [6.45, 7) is 5.19. The second-order valence-corrected chi connectivity index (χ2v) is 6.64. The maximum atomic E-state index is 6.19. The van der Waals surface area contributed by atoms with Crippen molar-refractivity contribution in [2.24, 2.45) is 0 Å². The summed E-state index contributed by atoms with van der Waals surface area (Å²) in [6, 6.07) is 9.55. The molecule has 0 unspecified atom stereocenters. The predicted octanol–water partition coefficient (Wildman–Crippen LogP) is 4.46. The standard InChI is InChI=1S/C19H24ClN3O2S/c1-13-11-17(18(25-4)12-15(13)20)22-19(26)23(9-10-24-3)14(2)16-7-5-6-8-21-16/h5-8,11-12,14H,9-10H2,1-4H3,(H,22,26)/t14-/m0/s1. The SMILES string of the molecule is COCCN(C(=S)Nc1cc(C)c(Cl)cc1OC)[C@@H](C)c1ccccn1. The molecule has 7 heteroatoms. The lowest BCUT2D eigenvalue weighted by atomic mass is 10.2. The van der Waals surface area contributed by atoms with Crippen LogP contribution in [0.15, 0.2) is 36.5 Å². The molecule has 140 valence electrons. The van der Waals surface area contributed by atoms with Crippen LogP contribution in [0.5, 0.6) is 5.75 Å². The van der Waals surface area contributed by atoms with Gasteiger partial charge in [0, 0.05) is 30.9 Å². The van der Waals surface area contributed by atoms with Gasteiger partial charge in [-0.25, -0.2) is 0 Å². The van der Waals surface area contributed by atoms with Gasteiger partial charge in [0.25, 0.3) is 0 Å². The Hall–Kier alpha value is -1.89. The van der Waals surface area contributed by atoms with E-state index >= 15 is 0 Å². The minimum Gasteiger partial charge on any atom is -0.495 e. The fourth-order valence-corrected chi connectivity index (χ4v) is 3.07. The van der Waals surface area contributed by atoms with Crippen molar-refractivity contribution in [2.75, 3.05) is 32.7 Å². The molecule has 1 aromatic heterocycles. The topological polar surface area (TPSA) is 46.6 Å². The Morgan fingerprint density at radius 1 is 1.35 bits per heavy atom. The Morgan fingerprint density at radius 2 is 2.12 bits per heavy atom. The van der Waals surface area contributed by atoms with Crippen LogP contribution in [0.4, 0.5) is 5.69 Å². The summed E-state index contributed by atoms with van der Waals surface area (Å²) in [5.41, 5.74) is 2.65. The van der Waals surface area contributed by atoms with Gasteiger partial charge in [-0.05, 0) is 49.8 Å². The Balaban J connectivity index is 2.26. The van der Waals surface area contributed by atoms with E-state index in [1.54, 1.807) is 26.5 Å². The molecule has 1 aromatic carbocycles. The monoisotopic (exact) mass is 393 g/mol. The highest BCUT2D eigenvalue weighted by atomic mass is 35.5. The fraction of sp³-hybridized carbons (Fsp3) is 0.368. The normalized spacial score (nSPS) is 11.7. The van der Waals surface area contributed by atoms with Crippen molar-refractivity contribution >= 4 is 34.6 Å². The lowest BCUT2D eigenvalue weighted by Gasteiger charge is -2.31. The molecule has 0 saturated carbocycles. The predicted molar refractivity (Wildman–Crippen MR) is 110 cm³/mol. The average Bonchev–Trinajstić information content (AvgIpc) is 2.65. The lowest BCUT2D eigenvalue weighted by molar-refractivity contribution is 0.164. The quantitative estimate of drug-likeness (QED) is 0.701. The van der Waals surface area contributed by atoms with Crippen LogP contribution < -0.4 is 10.1 Å². The molecule has 2 aromatic rings. The molecule has 0 spiro atoms. The van der Waals surface area contributed by atoms with Gasteiger partial charge in [-0.15, -0.1) is 0 Å². The summed E-state index contributed by atoms with van der Waals surface area (Å²) < 4.78 is 10.7. The van der Waals surface area contributed by atoms with Gasteiger partial charge >= 0.3 is 0 Å². The highest BCUT2D eigenvalue weighted by molar-refractivity contribution is 7.80. The third kappa shape index (κ3) is 5.06. The molecule has 0 amide bonds. The van der Waals surface area contributed by atoms with Crippen molar-refractivity contribution in [1.82, 2.24) is 9.88 Å². The summed E-state index contributed by atoms with van der Waals surface area (Å²) >= 11 is 11.9. The summed E-state index contributed by atoms with van der Waals surface area (Å²) in [5.74, 6) is 0.639. The first kappa shape index (κ1) is 20.4. The number of pyridine rings is 1. The van der Waals surface area contributed by atoms with Crippen LogP contribution in [-0.4, -0.2) is 42.4 Å². The second-order valence-electron chi connectivity index (χ2n) is 5.85. The molecular formula is C19H24ClN3O2S. The summed E-state index contributed by atoms with van der Waals surface area (Å²) in [4.78, 5) is 6.49. The molecule has 0 fully saturated rings. The smallest absolute Gasteiger partial charge is 0.174 e. The second kappa shape index (κ2) is 9.71. The van der Waals surface area contributed by atoms with Crippen molar-refractivity contribution in [3.63, 3.8) is 0 Å². The van der Waals surface area contributed by atoms with E-state index in [4.69, 9.17) is 33.3 Å². The maximum Gasteiger partial charge on any atom is 0.174 e. The summed E-state index contributed by atoms with van der Waals surface area (Å²) in [6.07, 6.45) is 1.78. The Morgan fingerprint density at radius 3 is 2.73 bits per heavy atom. The molecule has 0 saturated heterocycles. The molecular weight excluding hydrogens is 370 g/mol. The molecule has 0 aliphatic rings. The first-order chi connectivity index (χ1) is 12.5. The maximum absolute atomic E-state index is 6.19. The van der Waals surface area contributed by atoms with Gasteiger partial charge in [-0.1, -0.05) is 17.7 Å². The highest BCUT2D eigenvalue weighted by Crippen LogP contribution is 2.31. The van der Waals surface area contributed by atoms with Crippen LogP contribution in [0.25, 0.3) is 0 Å². The summed E-state index contributed by atoms with van der Waals surface area (Å²) in [7, 11) is 3.28. The van der Waals surface area contributed by atoms with Crippen molar-refractivity contribution in [1.29, 1.82) is 0 Å². The summed E-state index contributed by atoms with van der Waals surface area (Å²) in [5, 5.41) is 4.50. The van der Waals surface area contributed by atoms with Crippen molar-refractivity contribution < 1.29 is 9.47 Å². The zero-order chi connectivity index (χ0) is 19.1. The van der Waals surface area contributed by atoms with Gasteiger partial charge in [-0.3, -0.25) is 4.98 Å². The number of aryl methyl sites for hydroxylation is 1. The van der Waals surface area contributed by atoms with Crippen LogP contribution in [0, 0.1) is 6.92 Å². The van der Waals surface area contributed by atoms with E-state index in [1.807, 2.05) is 36.1 Å². The Kier molecular flexibility index (Phi) is 7.63. The number of halogens is 1. The Labute approximate surface area is 165 Å². The number of anilines is 1. The van der Waals surface area contributed by atoms with Gasteiger partial charge in [0.05, 0.1) is 31.1 Å². The van der Waals surface area contributed by atoms with Crippen molar-refractivity contribution in [3.8, 4) is 5.75 Å². The zero-order valence-electron chi connectivity index (χ0n) is 15.5. The van der Waals surface area contributed by atoms with E-state index in [9.17, 15) is 0 Å². The first-order valence-electron chi connectivity index (χ1n) is 8.29. The van der Waals surface area contributed by atoms with Crippen molar-refractivity contribution in [3.05, 3.63) is 52.8 Å². The van der Waals surface area contributed by atoms with Gasteiger partial charge in [0.2, 0.25) is 0 Å².